The van der Waals surface area contributed by atoms with Crippen LogP contribution in [0.2, 0.25) is 0 Å². The number of aryl methyl sites for hydroxylation is 1. The fraction of sp³-hybridized carbons (Fsp3) is 0.238. The van der Waals surface area contributed by atoms with Crippen LogP contribution in [0.4, 0.5) is 11.4 Å². The van der Waals surface area contributed by atoms with Gasteiger partial charge in [0.25, 0.3) is 11.8 Å². The molecule has 1 N–H and O–H groups in total. The summed E-state index contributed by atoms with van der Waals surface area (Å²) in [7, 11) is 0. The van der Waals surface area contributed by atoms with E-state index in [4.69, 9.17) is 4.74 Å². The van der Waals surface area contributed by atoms with Gasteiger partial charge in [0.05, 0.1) is 5.69 Å². The van der Waals surface area contributed by atoms with Gasteiger partial charge in [0.2, 0.25) is 0 Å². The molecule has 1 atom stereocenters. The Bertz CT molecular complexity index is 889. The van der Waals surface area contributed by atoms with E-state index in [1.165, 1.54) is 0 Å². The fourth-order valence-electron chi connectivity index (χ4n) is 2.95. The van der Waals surface area contributed by atoms with Crippen molar-refractivity contribution in [2.24, 2.45) is 0 Å². The maximum atomic E-state index is 12.5. The molecule has 0 aliphatic carbocycles. The highest BCUT2D eigenvalue weighted by Crippen LogP contribution is 2.36. The highest BCUT2D eigenvalue weighted by molar-refractivity contribution is 6.06. The van der Waals surface area contributed by atoms with Crippen LogP contribution in [0.15, 0.2) is 54.6 Å². The van der Waals surface area contributed by atoms with E-state index in [1.54, 1.807) is 36.1 Å². The topological polar surface area (TPSA) is 58.6 Å². The molecule has 0 saturated carbocycles. The van der Waals surface area contributed by atoms with Crippen molar-refractivity contribution in [1.82, 2.24) is 0 Å². The molecule has 0 aromatic heterocycles. The number of benzene rings is 2. The Balaban J connectivity index is 1.88. The molecule has 1 heterocycles. The minimum absolute atomic E-state index is 0.0998. The van der Waals surface area contributed by atoms with Crippen molar-refractivity contribution < 1.29 is 14.3 Å². The Morgan fingerprint density at radius 2 is 2.00 bits per heavy atom. The molecule has 1 unspecified atom stereocenters. The summed E-state index contributed by atoms with van der Waals surface area (Å²) in [4.78, 5) is 26.6. The number of ether oxygens (including phenoxy) is 1. The van der Waals surface area contributed by atoms with E-state index in [-0.39, 0.29) is 11.8 Å². The third kappa shape index (κ3) is 3.47. The predicted octanol–water partition coefficient (Wildman–Crippen LogP) is 3.94. The summed E-state index contributed by atoms with van der Waals surface area (Å²) in [5.74, 6) is 0.292. The van der Waals surface area contributed by atoms with E-state index in [9.17, 15) is 9.59 Å². The Labute approximate surface area is 153 Å². The van der Waals surface area contributed by atoms with E-state index < -0.39 is 6.10 Å². The zero-order chi connectivity index (χ0) is 18.8. The van der Waals surface area contributed by atoms with Crippen LogP contribution in [0.5, 0.6) is 5.75 Å². The Morgan fingerprint density at radius 1 is 1.27 bits per heavy atom. The second kappa shape index (κ2) is 7.04. The Kier molecular flexibility index (Phi) is 4.80. The van der Waals surface area contributed by atoms with Crippen molar-refractivity contribution in [3.63, 3.8) is 0 Å². The number of amides is 2. The lowest BCUT2D eigenvalue weighted by molar-refractivity contribution is -0.125. The summed E-state index contributed by atoms with van der Waals surface area (Å²) in [5, 5.41) is 2.89. The number of carbonyl (C=O) groups excluding carboxylic acids is 2. The molecule has 26 heavy (non-hydrogen) atoms. The molecule has 2 amide bonds. The summed E-state index contributed by atoms with van der Waals surface area (Å²) >= 11 is 0. The largest absolute Gasteiger partial charge is 0.479 e. The molecule has 5 nitrogen and oxygen atoms in total. The van der Waals surface area contributed by atoms with Gasteiger partial charge < -0.3 is 15.0 Å². The van der Waals surface area contributed by atoms with Crippen LogP contribution in [0.3, 0.4) is 0 Å². The molecule has 5 heteroatoms. The molecule has 0 fully saturated rings. The van der Waals surface area contributed by atoms with Crippen LogP contribution in [-0.4, -0.2) is 24.5 Å². The van der Waals surface area contributed by atoms with Crippen molar-refractivity contribution in [3.05, 3.63) is 65.7 Å². The number of rotatable bonds is 4. The molecular weight excluding hydrogens is 328 g/mol. The summed E-state index contributed by atoms with van der Waals surface area (Å²) < 4.78 is 5.74. The summed E-state index contributed by atoms with van der Waals surface area (Å²) in [6.45, 7) is 9.82. The first-order valence-corrected chi connectivity index (χ1v) is 8.50. The van der Waals surface area contributed by atoms with Gasteiger partial charge in [-0.3, -0.25) is 9.59 Å². The van der Waals surface area contributed by atoms with Gasteiger partial charge in [-0.05, 0) is 44.5 Å². The van der Waals surface area contributed by atoms with Gasteiger partial charge in [-0.15, -0.1) is 0 Å². The number of carbonyl (C=O) groups is 2. The van der Waals surface area contributed by atoms with Gasteiger partial charge in [-0.25, -0.2) is 0 Å². The summed E-state index contributed by atoms with van der Waals surface area (Å²) in [6, 6.07) is 12.7. The Morgan fingerprint density at radius 3 is 2.69 bits per heavy atom. The van der Waals surface area contributed by atoms with Crippen LogP contribution in [0.1, 0.15) is 29.8 Å². The molecular formula is C21H22N2O3. The summed E-state index contributed by atoms with van der Waals surface area (Å²) in [6.07, 6.45) is -0.579. The maximum absolute atomic E-state index is 12.5. The van der Waals surface area contributed by atoms with Gasteiger partial charge in [-0.2, -0.15) is 0 Å². The number of nitrogens with one attached hydrogen (secondary N) is 1. The average Bonchev–Trinajstić information content (AvgIpc) is 2.59. The van der Waals surface area contributed by atoms with Gasteiger partial charge in [0.1, 0.15) is 5.75 Å². The second-order valence-corrected chi connectivity index (χ2v) is 6.59. The molecule has 2 aromatic carbocycles. The molecule has 0 saturated heterocycles. The summed E-state index contributed by atoms with van der Waals surface area (Å²) in [5.41, 5.74) is 3.72. The zero-order valence-electron chi connectivity index (χ0n) is 15.2. The number of fused-ring (bicyclic) bond motifs is 1. The van der Waals surface area contributed by atoms with Crippen molar-refractivity contribution in [3.8, 4) is 5.75 Å². The first-order chi connectivity index (χ1) is 12.4. The molecule has 2 aromatic rings. The van der Waals surface area contributed by atoms with Gasteiger partial charge in [0.15, 0.2) is 6.10 Å². The smallest absolute Gasteiger partial charge is 0.268 e. The highest BCUT2D eigenvalue weighted by atomic mass is 16.5. The fourth-order valence-corrected chi connectivity index (χ4v) is 2.95. The van der Waals surface area contributed by atoms with E-state index in [0.717, 1.165) is 11.1 Å². The van der Waals surface area contributed by atoms with Crippen molar-refractivity contribution in [1.29, 1.82) is 0 Å². The molecule has 0 bridgehead atoms. The van der Waals surface area contributed by atoms with Gasteiger partial charge in [0, 0.05) is 23.9 Å². The third-order valence-corrected chi connectivity index (χ3v) is 4.24. The molecule has 1 aliphatic rings. The van der Waals surface area contributed by atoms with E-state index >= 15 is 0 Å². The van der Waals surface area contributed by atoms with Crippen molar-refractivity contribution >= 4 is 23.2 Å². The second-order valence-electron chi connectivity index (χ2n) is 6.59. The van der Waals surface area contributed by atoms with E-state index in [2.05, 4.69) is 11.9 Å². The highest BCUT2D eigenvalue weighted by Gasteiger charge is 2.31. The SMILES string of the molecule is C=C(C)CN1C(=O)C(C)Oc2cc(NC(=O)c3ccccc3C)ccc21. The van der Waals surface area contributed by atoms with Crippen LogP contribution in [0.25, 0.3) is 0 Å². The van der Waals surface area contributed by atoms with Crippen LogP contribution >= 0.6 is 0 Å². The van der Waals surface area contributed by atoms with Crippen LogP contribution in [0, 0.1) is 6.92 Å². The molecule has 0 spiro atoms. The van der Waals surface area contributed by atoms with Gasteiger partial charge >= 0.3 is 0 Å². The zero-order valence-corrected chi connectivity index (χ0v) is 15.2. The molecule has 134 valence electrons. The molecule has 3 rings (SSSR count). The normalized spacial score (nSPS) is 15.9. The van der Waals surface area contributed by atoms with Crippen molar-refractivity contribution in [2.45, 2.75) is 26.9 Å². The number of hydrogen-bond donors (Lipinski definition) is 1. The molecule has 0 radical (unpaired) electrons. The average molecular weight is 350 g/mol. The van der Waals surface area contributed by atoms with E-state index in [0.29, 0.717) is 29.2 Å². The minimum atomic E-state index is -0.579. The quantitative estimate of drug-likeness (QED) is 0.850. The first-order valence-electron chi connectivity index (χ1n) is 8.50. The lowest BCUT2D eigenvalue weighted by Gasteiger charge is -2.33. The van der Waals surface area contributed by atoms with Crippen LogP contribution < -0.4 is 15.0 Å². The first kappa shape index (κ1) is 17.7. The van der Waals surface area contributed by atoms with E-state index in [1.807, 2.05) is 32.0 Å². The number of nitrogens with zero attached hydrogens (tertiary/aromatic N) is 1. The maximum Gasteiger partial charge on any atom is 0.268 e. The van der Waals surface area contributed by atoms with Gasteiger partial charge in [-0.1, -0.05) is 30.4 Å². The standard InChI is InChI=1S/C21H22N2O3/c1-13(2)12-23-18-10-9-16(11-19(18)26-15(4)21(23)25)22-20(24)17-8-6-5-7-14(17)3/h5-11,15H,1,12H2,2-4H3,(H,22,24). The van der Waals surface area contributed by atoms with Crippen molar-refractivity contribution in [2.75, 3.05) is 16.8 Å². The monoisotopic (exact) mass is 350 g/mol. The lowest BCUT2D eigenvalue weighted by atomic mass is 10.1. The Hall–Kier alpha value is -3.08. The molecule has 1 aliphatic heterocycles. The van der Waals surface area contributed by atoms with Crippen LogP contribution in [-0.2, 0) is 4.79 Å². The predicted molar refractivity (Wildman–Crippen MR) is 103 cm³/mol. The third-order valence-electron chi connectivity index (χ3n) is 4.24. The number of hydrogen-bond acceptors (Lipinski definition) is 3. The number of anilines is 2. The minimum Gasteiger partial charge on any atom is -0.479 e. The lowest BCUT2D eigenvalue weighted by Crippen LogP contribution is -2.45.